The molecule has 0 unspecified atom stereocenters. The summed E-state index contributed by atoms with van der Waals surface area (Å²) in [6.45, 7) is 4.52. The molecular weight excluding hydrogens is 366 g/mol. The third-order valence-corrected chi connectivity index (χ3v) is 5.24. The number of carbonyl (C=O) groups is 2. The molecule has 1 fully saturated rings. The number of benzene rings is 2. The molecule has 1 heterocycles. The van der Waals surface area contributed by atoms with Crippen molar-refractivity contribution in [1.29, 1.82) is 0 Å². The van der Waals surface area contributed by atoms with Crippen LogP contribution < -0.4 is 10.1 Å². The lowest BCUT2D eigenvalue weighted by Crippen LogP contribution is -2.50. The molecule has 2 aromatic rings. The van der Waals surface area contributed by atoms with Crippen LogP contribution in [0.15, 0.2) is 54.6 Å². The second-order valence-corrected chi connectivity index (χ2v) is 7.16. The minimum Gasteiger partial charge on any atom is -0.496 e. The number of piperazine rings is 1. The Hall–Kier alpha value is -2.86. The predicted molar refractivity (Wildman–Crippen MR) is 113 cm³/mol. The number of amides is 2. The fourth-order valence-corrected chi connectivity index (χ4v) is 3.54. The van der Waals surface area contributed by atoms with Crippen LogP contribution in [-0.2, 0) is 11.2 Å². The van der Waals surface area contributed by atoms with Crippen LogP contribution >= 0.6 is 0 Å². The van der Waals surface area contributed by atoms with Gasteiger partial charge in [0.05, 0.1) is 7.11 Å². The minimum absolute atomic E-state index is 0.0498. The van der Waals surface area contributed by atoms with Crippen molar-refractivity contribution in [2.24, 2.45) is 0 Å². The van der Waals surface area contributed by atoms with Gasteiger partial charge in [-0.25, -0.2) is 0 Å². The zero-order valence-corrected chi connectivity index (χ0v) is 17.0. The molecule has 154 valence electrons. The van der Waals surface area contributed by atoms with E-state index < -0.39 is 0 Å². The van der Waals surface area contributed by atoms with E-state index >= 15 is 0 Å². The molecule has 6 heteroatoms. The van der Waals surface area contributed by atoms with E-state index in [2.05, 4.69) is 10.2 Å². The van der Waals surface area contributed by atoms with E-state index in [4.69, 9.17) is 4.74 Å². The first-order valence-corrected chi connectivity index (χ1v) is 10.1. The summed E-state index contributed by atoms with van der Waals surface area (Å²) < 4.78 is 5.33. The molecule has 0 aromatic heterocycles. The number of hydrogen-bond acceptors (Lipinski definition) is 4. The highest BCUT2D eigenvalue weighted by atomic mass is 16.5. The highest BCUT2D eigenvalue weighted by Crippen LogP contribution is 2.18. The smallest absolute Gasteiger partial charge is 0.253 e. The van der Waals surface area contributed by atoms with Crippen LogP contribution in [0.3, 0.4) is 0 Å². The van der Waals surface area contributed by atoms with Gasteiger partial charge in [0.2, 0.25) is 5.91 Å². The van der Waals surface area contributed by atoms with Crippen LogP contribution in [0, 0.1) is 0 Å². The van der Waals surface area contributed by atoms with Gasteiger partial charge in [-0.3, -0.25) is 14.5 Å². The Bertz CT molecular complexity index is 802. The van der Waals surface area contributed by atoms with E-state index in [1.54, 1.807) is 7.11 Å². The number of aryl methyl sites for hydroxylation is 1. The number of methoxy groups -OCH3 is 1. The fraction of sp³-hybridized carbons (Fsp3) is 0.391. The summed E-state index contributed by atoms with van der Waals surface area (Å²) in [7, 11) is 1.64. The normalized spacial score (nSPS) is 14.4. The lowest BCUT2D eigenvalue weighted by atomic mass is 10.1. The molecule has 0 saturated carbocycles. The summed E-state index contributed by atoms with van der Waals surface area (Å²) in [4.78, 5) is 28.8. The number of carbonyl (C=O) groups excluding carboxylic acids is 2. The molecule has 1 N–H and O–H groups in total. The summed E-state index contributed by atoms with van der Waals surface area (Å²) in [5.74, 6) is 0.965. The van der Waals surface area contributed by atoms with Crippen LogP contribution in [0.25, 0.3) is 0 Å². The van der Waals surface area contributed by atoms with Crippen molar-refractivity contribution in [2.75, 3.05) is 46.4 Å². The number of rotatable bonds is 8. The second kappa shape index (κ2) is 10.6. The lowest BCUT2D eigenvalue weighted by Gasteiger charge is -2.34. The molecule has 3 rings (SSSR count). The number of para-hydroxylation sites is 1. The van der Waals surface area contributed by atoms with Crippen LogP contribution in [-0.4, -0.2) is 68.0 Å². The van der Waals surface area contributed by atoms with Crippen LogP contribution in [0.2, 0.25) is 0 Å². The summed E-state index contributed by atoms with van der Waals surface area (Å²) in [6, 6.07) is 17.2. The number of ether oxygens (including phenoxy) is 1. The van der Waals surface area contributed by atoms with Gasteiger partial charge in [-0.15, -0.1) is 0 Å². The Kier molecular flexibility index (Phi) is 7.64. The molecule has 1 aliphatic heterocycles. The van der Waals surface area contributed by atoms with E-state index in [1.807, 2.05) is 59.5 Å². The van der Waals surface area contributed by atoms with E-state index in [-0.39, 0.29) is 11.8 Å². The summed E-state index contributed by atoms with van der Waals surface area (Å²) in [5.41, 5.74) is 1.78. The molecule has 0 bridgehead atoms. The van der Waals surface area contributed by atoms with Gasteiger partial charge in [0.25, 0.3) is 5.91 Å². The van der Waals surface area contributed by atoms with E-state index in [1.165, 1.54) is 0 Å². The maximum Gasteiger partial charge on any atom is 0.253 e. The summed E-state index contributed by atoms with van der Waals surface area (Å²) in [6.07, 6.45) is 1.11. The Morgan fingerprint density at radius 2 is 1.66 bits per heavy atom. The molecule has 1 aliphatic rings. The highest BCUT2D eigenvalue weighted by molar-refractivity contribution is 5.94. The quantitative estimate of drug-likeness (QED) is 0.744. The van der Waals surface area contributed by atoms with Gasteiger partial charge in [-0.1, -0.05) is 36.4 Å². The van der Waals surface area contributed by atoms with Gasteiger partial charge in [-0.2, -0.15) is 0 Å². The fourth-order valence-electron chi connectivity index (χ4n) is 3.54. The van der Waals surface area contributed by atoms with Crippen molar-refractivity contribution < 1.29 is 14.3 Å². The van der Waals surface area contributed by atoms with Crippen molar-refractivity contribution in [2.45, 2.75) is 12.8 Å². The monoisotopic (exact) mass is 395 g/mol. The Balaban J connectivity index is 1.33. The van der Waals surface area contributed by atoms with Crippen molar-refractivity contribution >= 4 is 11.8 Å². The Morgan fingerprint density at radius 1 is 0.966 bits per heavy atom. The molecule has 0 atom stereocenters. The average Bonchev–Trinajstić information content (AvgIpc) is 2.78. The van der Waals surface area contributed by atoms with Gasteiger partial charge in [-0.05, 0) is 30.2 Å². The van der Waals surface area contributed by atoms with E-state index in [0.29, 0.717) is 19.4 Å². The molecule has 2 amide bonds. The molecule has 1 saturated heterocycles. The standard InChI is InChI=1S/C23H29N3O3/c1-29-21-10-6-5-7-19(21)11-12-22(27)24-13-14-25-15-17-26(18-16-25)23(28)20-8-3-2-4-9-20/h2-10H,11-18H2,1H3,(H,24,27). The Labute approximate surface area is 172 Å². The highest BCUT2D eigenvalue weighted by Gasteiger charge is 2.21. The largest absolute Gasteiger partial charge is 0.496 e. The third-order valence-electron chi connectivity index (χ3n) is 5.24. The first kappa shape index (κ1) is 20.9. The molecule has 0 radical (unpaired) electrons. The van der Waals surface area contributed by atoms with Crippen molar-refractivity contribution in [1.82, 2.24) is 15.1 Å². The number of hydrogen-bond donors (Lipinski definition) is 1. The topological polar surface area (TPSA) is 61.9 Å². The van der Waals surface area contributed by atoms with E-state index in [9.17, 15) is 9.59 Å². The maximum absolute atomic E-state index is 12.5. The van der Waals surface area contributed by atoms with Crippen LogP contribution in [0.5, 0.6) is 5.75 Å². The van der Waals surface area contributed by atoms with Crippen LogP contribution in [0.1, 0.15) is 22.3 Å². The SMILES string of the molecule is COc1ccccc1CCC(=O)NCCN1CCN(C(=O)c2ccccc2)CC1. The first-order chi connectivity index (χ1) is 14.2. The third kappa shape index (κ3) is 6.06. The predicted octanol–water partition coefficient (Wildman–Crippen LogP) is 2.20. The van der Waals surface area contributed by atoms with E-state index in [0.717, 1.165) is 49.6 Å². The molecule has 0 aliphatic carbocycles. The van der Waals surface area contributed by atoms with Gasteiger partial charge in [0, 0.05) is 51.3 Å². The summed E-state index contributed by atoms with van der Waals surface area (Å²) >= 11 is 0. The average molecular weight is 396 g/mol. The summed E-state index contributed by atoms with van der Waals surface area (Å²) in [5, 5.41) is 3.00. The van der Waals surface area contributed by atoms with Crippen LogP contribution in [0.4, 0.5) is 0 Å². The van der Waals surface area contributed by atoms with Crippen molar-refractivity contribution in [3.05, 3.63) is 65.7 Å². The Morgan fingerprint density at radius 3 is 2.38 bits per heavy atom. The minimum atomic E-state index is 0.0498. The van der Waals surface area contributed by atoms with Crippen molar-refractivity contribution in [3.63, 3.8) is 0 Å². The zero-order chi connectivity index (χ0) is 20.5. The zero-order valence-electron chi connectivity index (χ0n) is 17.0. The molecule has 6 nitrogen and oxygen atoms in total. The lowest BCUT2D eigenvalue weighted by molar-refractivity contribution is -0.121. The van der Waals surface area contributed by atoms with Crippen molar-refractivity contribution in [3.8, 4) is 5.75 Å². The molecule has 29 heavy (non-hydrogen) atoms. The van der Waals surface area contributed by atoms with Gasteiger partial charge >= 0.3 is 0 Å². The molecule has 0 spiro atoms. The molecule has 2 aromatic carbocycles. The van der Waals surface area contributed by atoms with Gasteiger partial charge < -0.3 is 15.0 Å². The first-order valence-electron chi connectivity index (χ1n) is 10.1. The van der Waals surface area contributed by atoms with Gasteiger partial charge in [0.1, 0.15) is 5.75 Å². The number of nitrogens with zero attached hydrogens (tertiary/aromatic N) is 2. The number of nitrogens with one attached hydrogen (secondary N) is 1. The second-order valence-electron chi connectivity index (χ2n) is 7.16. The maximum atomic E-state index is 12.5. The molecular formula is C23H29N3O3. The van der Waals surface area contributed by atoms with Gasteiger partial charge in [0.15, 0.2) is 0 Å².